The predicted octanol–water partition coefficient (Wildman–Crippen LogP) is -0.475. The molecule has 1 aliphatic heterocycles. The van der Waals surface area contributed by atoms with Crippen molar-refractivity contribution >= 4 is 5.97 Å². The first-order valence-electron chi connectivity index (χ1n) is 3.76. The third-order valence-corrected chi connectivity index (χ3v) is 1.67. The molecule has 0 saturated carbocycles. The minimum absolute atomic E-state index is 0.0341. The Morgan fingerprint density at radius 2 is 2.55 bits per heavy atom. The molecule has 0 aromatic heterocycles. The Hall–Kier alpha value is -0.610. The van der Waals surface area contributed by atoms with Gasteiger partial charge in [0.1, 0.15) is 0 Å². The van der Waals surface area contributed by atoms with Crippen LogP contribution in [0.4, 0.5) is 0 Å². The zero-order chi connectivity index (χ0) is 8.10. The highest BCUT2D eigenvalue weighted by Crippen LogP contribution is 2.11. The molecule has 11 heavy (non-hydrogen) atoms. The number of hydrogen-bond acceptors (Lipinski definition) is 4. The van der Waals surface area contributed by atoms with Crippen LogP contribution in [0, 0.1) is 5.92 Å². The number of ether oxygens (including phenoxy) is 2. The van der Waals surface area contributed by atoms with Gasteiger partial charge in [0, 0.05) is 12.5 Å². The van der Waals surface area contributed by atoms with E-state index in [2.05, 4.69) is 0 Å². The van der Waals surface area contributed by atoms with Crippen molar-refractivity contribution in [1.29, 1.82) is 0 Å². The van der Waals surface area contributed by atoms with E-state index in [0.29, 0.717) is 19.1 Å². The Labute approximate surface area is 65.7 Å². The van der Waals surface area contributed by atoms with E-state index in [-0.39, 0.29) is 12.5 Å². The lowest BCUT2D eigenvalue weighted by Gasteiger charge is -2.06. The number of carbonyl (C=O) groups excluding carboxylic acids is 1. The Kier molecular flexibility index (Phi) is 3.32. The third-order valence-electron chi connectivity index (χ3n) is 1.67. The highest BCUT2D eigenvalue weighted by atomic mass is 16.5. The first-order chi connectivity index (χ1) is 5.33. The predicted molar refractivity (Wildman–Crippen MR) is 38.9 cm³/mol. The van der Waals surface area contributed by atoms with Gasteiger partial charge in [-0.3, -0.25) is 4.79 Å². The Bertz CT molecular complexity index is 132. The highest BCUT2D eigenvalue weighted by Gasteiger charge is 2.16. The zero-order valence-electron chi connectivity index (χ0n) is 6.41. The second-order valence-corrected chi connectivity index (χ2v) is 2.62. The van der Waals surface area contributed by atoms with Crippen molar-refractivity contribution in [2.75, 3.05) is 26.4 Å². The standard InChI is InChI=1S/C7H13NO3/c8-3-7(9)11-5-6-1-2-10-4-6/h6H,1-5,8H2. The summed E-state index contributed by atoms with van der Waals surface area (Å²) in [6.45, 7) is 1.91. The summed E-state index contributed by atoms with van der Waals surface area (Å²) in [4.78, 5) is 10.6. The van der Waals surface area contributed by atoms with Crippen molar-refractivity contribution in [3.63, 3.8) is 0 Å². The second kappa shape index (κ2) is 4.31. The van der Waals surface area contributed by atoms with Crippen molar-refractivity contribution in [2.24, 2.45) is 11.7 Å². The normalized spacial score (nSPS) is 23.5. The topological polar surface area (TPSA) is 61.6 Å². The largest absolute Gasteiger partial charge is 0.464 e. The van der Waals surface area contributed by atoms with Crippen molar-refractivity contribution in [2.45, 2.75) is 6.42 Å². The monoisotopic (exact) mass is 159 g/mol. The van der Waals surface area contributed by atoms with Crippen LogP contribution in [0.15, 0.2) is 0 Å². The molecule has 0 spiro atoms. The van der Waals surface area contributed by atoms with Crippen LogP contribution in [0.3, 0.4) is 0 Å². The Balaban J connectivity index is 2.06. The molecule has 0 bridgehead atoms. The van der Waals surface area contributed by atoms with Gasteiger partial charge in [0.15, 0.2) is 0 Å². The summed E-state index contributed by atoms with van der Waals surface area (Å²) in [6.07, 6.45) is 0.984. The summed E-state index contributed by atoms with van der Waals surface area (Å²) in [7, 11) is 0. The molecule has 1 unspecified atom stereocenters. The average Bonchev–Trinajstić information content (AvgIpc) is 2.52. The van der Waals surface area contributed by atoms with E-state index < -0.39 is 0 Å². The van der Waals surface area contributed by atoms with E-state index in [1.165, 1.54) is 0 Å². The van der Waals surface area contributed by atoms with Gasteiger partial charge in [-0.15, -0.1) is 0 Å². The van der Waals surface area contributed by atoms with Gasteiger partial charge < -0.3 is 15.2 Å². The van der Waals surface area contributed by atoms with Crippen LogP contribution < -0.4 is 5.73 Å². The van der Waals surface area contributed by atoms with Crippen LogP contribution in [0.25, 0.3) is 0 Å². The van der Waals surface area contributed by atoms with Crippen LogP contribution in [-0.4, -0.2) is 32.3 Å². The van der Waals surface area contributed by atoms with E-state index in [1.807, 2.05) is 0 Å². The maximum Gasteiger partial charge on any atom is 0.319 e. The fraction of sp³-hybridized carbons (Fsp3) is 0.857. The van der Waals surface area contributed by atoms with Gasteiger partial charge in [-0.05, 0) is 6.42 Å². The fourth-order valence-corrected chi connectivity index (χ4v) is 0.985. The van der Waals surface area contributed by atoms with Crippen LogP contribution in [0.1, 0.15) is 6.42 Å². The minimum Gasteiger partial charge on any atom is -0.464 e. The first kappa shape index (κ1) is 8.49. The number of hydrogen-bond donors (Lipinski definition) is 1. The molecule has 0 aromatic rings. The van der Waals surface area contributed by atoms with E-state index in [1.54, 1.807) is 0 Å². The fourth-order valence-electron chi connectivity index (χ4n) is 0.985. The minimum atomic E-state index is -0.336. The molecule has 4 heteroatoms. The molecule has 1 rings (SSSR count). The summed E-state index contributed by atoms with van der Waals surface area (Å²) >= 11 is 0. The maximum absolute atomic E-state index is 10.6. The quantitative estimate of drug-likeness (QED) is 0.565. The van der Waals surface area contributed by atoms with Crippen molar-refractivity contribution in [1.82, 2.24) is 0 Å². The van der Waals surface area contributed by atoms with Crippen LogP contribution in [-0.2, 0) is 14.3 Å². The third kappa shape index (κ3) is 2.86. The number of esters is 1. The molecule has 1 aliphatic rings. The smallest absolute Gasteiger partial charge is 0.319 e. The number of rotatable bonds is 3. The maximum atomic E-state index is 10.6. The van der Waals surface area contributed by atoms with Crippen LogP contribution in [0.2, 0.25) is 0 Å². The summed E-state index contributed by atoms with van der Waals surface area (Å²) in [5.74, 6) is 0.0439. The summed E-state index contributed by atoms with van der Waals surface area (Å²) in [6, 6.07) is 0. The Morgan fingerprint density at radius 3 is 3.09 bits per heavy atom. The van der Waals surface area contributed by atoms with Crippen LogP contribution in [0.5, 0.6) is 0 Å². The van der Waals surface area contributed by atoms with Gasteiger partial charge >= 0.3 is 5.97 Å². The molecule has 0 amide bonds. The van der Waals surface area contributed by atoms with Crippen molar-refractivity contribution in [3.05, 3.63) is 0 Å². The molecule has 4 nitrogen and oxygen atoms in total. The average molecular weight is 159 g/mol. The molecule has 1 heterocycles. The molecule has 64 valence electrons. The summed E-state index contributed by atoms with van der Waals surface area (Å²) in [5, 5.41) is 0. The molecule has 0 radical (unpaired) electrons. The van der Waals surface area contributed by atoms with Gasteiger partial charge in [0.25, 0.3) is 0 Å². The molecular formula is C7H13NO3. The molecule has 1 saturated heterocycles. The van der Waals surface area contributed by atoms with Crippen LogP contribution >= 0.6 is 0 Å². The lowest BCUT2D eigenvalue weighted by Crippen LogP contribution is -2.20. The molecular weight excluding hydrogens is 146 g/mol. The number of nitrogens with two attached hydrogens (primary N) is 1. The van der Waals surface area contributed by atoms with Gasteiger partial charge in [0.05, 0.1) is 19.8 Å². The lowest BCUT2D eigenvalue weighted by molar-refractivity contribution is -0.143. The van der Waals surface area contributed by atoms with E-state index in [4.69, 9.17) is 15.2 Å². The van der Waals surface area contributed by atoms with Crippen molar-refractivity contribution < 1.29 is 14.3 Å². The van der Waals surface area contributed by atoms with E-state index in [9.17, 15) is 4.79 Å². The van der Waals surface area contributed by atoms with Gasteiger partial charge in [-0.2, -0.15) is 0 Å². The molecule has 0 aromatic carbocycles. The summed E-state index contributed by atoms with van der Waals surface area (Å²) < 4.78 is 9.93. The molecule has 1 fully saturated rings. The highest BCUT2D eigenvalue weighted by molar-refractivity contribution is 5.71. The van der Waals surface area contributed by atoms with Gasteiger partial charge in [-0.25, -0.2) is 0 Å². The SMILES string of the molecule is NCC(=O)OCC1CCOC1. The van der Waals surface area contributed by atoms with E-state index >= 15 is 0 Å². The lowest BCUT2D eigenvalue weighted by atomic mass is 10.1. The van der Waals surface area contributed by atoms with Crippen molar-refractivity contribution in [3.8, 4) is 0 Å². The van der Waals surface area contributed by atoms with Gasteiger partial charge in [-0.1, -0.05) is 0 Å². The zero-order valence-corrected chi connectivity index (χ0v) is 6.41. The molecule has 1 atom stereocenters. The van der Waals surface area contributed by atoms with E-state index in [0.717, 1.165) is 13.0 Å². The second-order valence-electron chi connectivity index (χ2n) is 2.62. The Morgan fingerprint density at radius 1 is 1.73 bits per heavy atom. The number of carbonyl (C=O) groups is 1. The first-order valence-corrected chi connectivity index (χ1v) is 3.76. The summed E-state index contributed by atoms with van der Waals surface area (Å²) in [5.41, 5.74) is 5.05. The molecule has 2 N–H and O–H groups in total. The van der Waals surface area contributed by atoms with Gasteiger partial charge in [0.2, 0.25) is 0 Å². The molecule has 0 aliphatic carbocycles.